The van der Waals surface area contributed by atoms with E-state index in [-0.39, 0.29) is 5.56 Å². The highest BCUT2D eigenvalue weighted by molar-refractivity contribution is 8.00. The topological polar surface area (TPSA) is 133 Å². The van der Waals surface area contributed by atoms with Gasteiger partial charge in [0.2, 0.25) is 5.91 Å². The first-order chi connectivity index (χ1) is 15.4. The standard InChI is InChI=1S/C23H25FN6OS/c1-2-17-18(11-26)22(30-9-3-4-14(10-25)13-30)29-23(19(17)12-27)32-20(21(28)31)15-5-7-16(24)8-6-15/h5-8,14,20H,2-4,9-10,13,25H2,1H3,(H2,28,31)/t14-,20?/m1/s1. The third-order valence-corrected chi connectivity index (χ3v) is 6.90. The molecule has 1 aromatic carbocycles. The highest BCUT2D eigenvalue weighted by atomic mass is 32.2. The lowest BCUT2D eigenvalue weighted by molar-refractivity contribution is -0.117. The highest BCUT2D eigenvalue weighted by Crippen LogP contribution is 2.40. The number of rotatable bonds is 7. The number of thioether (sulfide) groups is 1. The number of pyridine rings is 1. The Hall–Kier alpha value is -3.14. The van der Waals surface area contributed by atoms with E-state index in [4.69, 9.17) is 16.5 Å². The van der Waals surface area contributed by atoms with Crippen molar-refractivity contribution in [1.29, 1.82) is 10.5 Å². The molecular formula is C23H25FN6OS. The van der Waals surface area contributed by atoms with Crippen LogP contribution in [0, 0.1) is 34.4 Å². The second-order valence-corrected chi connectivity index (χ2v) is 8.78. The van der Waals surface area contributed by atoms with Crippen LogP contribution in [-0.4, -0.2) is 30.5 Å². The van der Waals surface area contributed by atoms with Crippen LogP contribution in [-0.2, 0) is 11.2 Å². The average molecular weight is 453 g/mol. The van der Waals surface area contributed by atoms with Crippen molar-refractivity contribution in [1.82, 2.24) is 4.98 Å². The smallest absolute Gasteiger partial charge is 0.235 e. The fourth-order valence-electron chi connectivity index (χ4n) is 3.99. The van der Waals surface area contributed by atoms with Gasteiger partial charge in [-0.1, -0.05) is 30.8 Å². The molecular weight excluding hydrogens is 427 g/mol. The van der Waals surface area contributed by atoms with Gasteiger partial charge < -0.3 is 16.4 Å². The van der Waals surface area contributed by atoms with Gasteiger partial charge in [-0.05, 0) is 55.0 Å². The van der Waals surface area contributed by atoms with Gasteiger partial charge in [0.25, 0.3) is 0 Å². The molecule has 0 spiro atoms. The van der Waals surface area contributed by atoms with Crippen LogP contribution < -0.4 is 16.4 Å². The minimum atomic E-state index is -0.862. The summed E-state index contributed by atoms with van der Waals surface area (Å²) in [6.07, 6.45) is 2.40. The Balaban J connectivity index is 2.12. The summed E-state index contributed by atoms with van der Waals surface area (Å²) < 4.78 is 13.4. The van der Waals surface area contributed by atoms with E-state index < -0.39 is 17.0 Å². The number of benzene rings is 1. The van der Waals surface area contributed by atoms with Crippen LogP contribution in [0.15, 0.2) is 29.3 Å². The van der Waals surface area contributed by atoms with E-state index >= 15 is 0 Å². The number of carbonyl (C=O) groups is 1. The molecule has 2 heterocycles. The van der Waals surface area contributed by atoms with Crippen LogP contribution in [0.2, 0.25) is 0 Å². The molecule has 0 saturated carbocycles. The quantitative estimate of drug-likeness (QED) is 0.617. The van der Waals surface area contributed by atoms with Crippen LogP contribution in [0.1, 0.15) is 47.3 Å². The van der Waals surface area contributed by atoms with Crippen LogP contribution in [0.3, 0.4) is 0 Å². The molecule has 3 rings (SSSR count). The first-order valence-electron chi connectivity index (χ1n) is 10.5. The molecule has 0 radical (unpaired) electrons. The van der Waals surface area contributed by atoms with E-state index in [0.717, 1.165) is 31.1 Å². The Morgan fingerprint density at radius 1 is 1.31 bits per heavy atom. The first kappa shape index (κ1) is 23.5. The molecule has 1 aliphatic heterocycles. The number of halogens is 1. The highest BCUT2D eigenvalue weighted by Gasteiger charge is 2.29. The number of nitriles is 2. The Labute approximate surface area is 191 Å². The Morgan fingerprint density at radius 3 is 2.56 bits per heavy atom. The number of piperidine rings is 1. The second kappa shape index (κ2) is 10.4. The molecule has 32 heavy (non-hydrogen) atoms. The summed E-state index contributed by atoms with van der Waals surface area (Å²) >= 11 is 1.05. The second-order valence-electron chi connectivity index (χ2n) is 7.69. The molecule has 1 unspecified atom stereocenters. The van der Waals surface area contributed by atoms with Crippen molar-refractivity contribution < 1.29 is 9.18 Å². The number of hydrogen-bond donors (Lipinski definition) is 2. The number of hydrogen-bond acceptors (Lipinski definition) is 7. The summed E-state index contributed by atoms with van der Waals surface area (Å²) in [6.45, 7) is 3.83. The van der Waals surface area contributed by atoms with Crippen molar-refractivity contribution in [3.63, 3.8) is 0 Å². The fourth-order valence-corrected chi connectivity index (χ4v) is 5.05. The summed E-state index contributed by atoms with van der Waals surface area (Å²) in [7, 11) is 0. The fraction of sp³-hybridized carbons (Fsp3) is 0.391. The Morgan fingerprint density at radius 2 is 2.00 bits per heavy atom. The summed E-state index contributed by atoms with van der Waals surface area (Å²) in [5, 5.41) is 19.3. The van der Waals surface area contributed by atoms with Crippen LogP contribution in [0.25, 0.3) is 0 Å². The maximum Gasteiger partial charge on any atom is 0.235 e. The molecule has 1 amide bonds. The summed E-state index contributed by atoms with van der Waals surface area (Å²) in [6, 6.07) is 9.89. The monoisotopic (exact) mass is 452 g/mol. The predicted octanol–water partition coefficient (Wildman–Crippen LogP) is 3.02. The van der Waals surface area contributed by atoms with Gasteiger partial charge >= 0.3 is 0 Å². The molecule has 1 aromatic heterocycles. The molecule has 2 aromatic rings. The number of nitrogens with two attached hydrogens (primary N) is 2. The number of aromatic nitrogens is 1. The summed E-state index contributed by atoms with van der Waals surface area (Å²) in [5.41, 5.74) is 13.3. The van der Waals surface area contributed by atoms with E-state index in [1.165, 1.54) is 24.3 Å². The molecule has 1 saturated heterocycles. The van der Waals surface area contributed by atoms with E-state index in [1.54, 1.807) is 0 Å². The van der Waals surface area contributed by atoms with Crippen LogP contribution in [0.5, 0.6) is 0 Å². The van der Waals surface area contributed by atoms with Crippen molar-refractivity contribution in [3.8, 4) is 12.1 Å². The molecule has 0 bridgehead atoms. The zero-order chi connectivity index (χ0) is 23.3. The molecule has 4 N–H and O–H groups in total. The third-order valence-electron chi connectivity index (χ3n) is 5.64. The van der Waals surface area contributed by atoms with Gasteiger partial charge in [0.1, 0.15) is 34.0 Å². The zero-order valence-electron chi connectivity index (χ0n) is 17.8. The maximum absolute atomic E-state index is 13.4. The summed E-state index contributed by atoms with van der Waals surface area (Å²) in [4.78, 5) is 19.0. The third kappa shape index (κ3) is 4.85. The van der Waals surface area contributed by atoms with E-state index in [1.807, 2.05) is 11.8 Å². The lowest BCUT2D eigenvalue weighted by Crippen LogP contribution is -2.39. The molecule has 166 valence electrons. The Bertz CT molecular complexity index is 1080. The summed E-state index contributed by atoms with van der Waals surface area (Å²) in [5.74, 6) is -0.249. The average Bonchev–Trinajstić information content (AvgIpc) is 2.81. The lowest BCUT2D eigenvalue weighted by atomic mass is 9.96. The van der Waals surface area contributed by atoms with Crippen LogP contribution in [0.4, 0.5) is 10.2 Å². The predicted molar refractivity (Wildman–Crippen MR) is 121 cm³/mol. The first-order valence-corrected chi connectivity index (χ1v) is 11.3. The molecule has 1 aliphatic rings. The number of anilines is 1. The number of amides is 1. The van der Waals surface area contributed by atoms with E-state index in [2.05, 4.69) is 12.1 Å². The van der Waals surface area contributed by atoms with Gasteiger partial charge in [0.15, 0.2) is 0 Å². The minimum Gasteiger partial charge on any atom is -0.368 e. The van der Waals surface area contributed by atoms with Gasteiger partial charge in [0.05, 0.1) is 11.1 Å². The largest absolute Gasteiger partial charge is 0.368 e. The lowest BCUT2D eigenvalue weighted by Gasteiger charge is -2.34. The van der Waals surface area contributed by atoms with Crippen molar-refractivity contribution in [2.75, 3.05) is 24.5 Å². The zero-order valence-corrected chi connectivity index (χ0v) is 18.7. The molecule has 7 nitrogen and oxygen atoms in total. The molecule has 0 aliphatic carbocycles. The van der Waals surface area contributed by atoms with Crippen LogP contribution >= 0.6 is 11.8 Å². The van der Waals surface area contributed by atoms with Crippen molar-refractivity contribution in [3.05, 3.63) is 52.3 Å². The SMILES string of the molecule is CCc1c(C#N)c(SC(C(N)=O)c2ccc(F)cc2)nc(N2CCC[C@H](CN)C2)c1C#N. The number of carbonyl (C=O) groups excluding carboxylic acids is 1. The van der Waals surface area contributed by atoms with Gasteiger partial charge in [-0.3, -0.25) is 4.79 Å². The van der Waals surface area contributed by atoms with Gasteiger partial charge in [-0.15, -0.1) is 0 Å². The van der Waals surface area contributed by atoms with E-state index in [9.17, 15) is 19.7 Å². The van der Waals surface area contributed by atoms with Gasteiger partial charge in [-0.2, -0.15) is 10.5 Å². The molecule has 2 atom stereocenters. The number of nitrogens with zero attached hydrogens (tertiary/aromatic N) is 4. The van der Waals surface area contributed by atoms with Crippen molar-refractivity contribution in [2.45, 2.75) is 36.5 Å². The maximum atomic E-state index is 13.4. The minimum absolute atomic E-state index is 0.263. The normalized spacial score (nSPS) is 16.8. The van der Waals surface area contributed by atoms with Crippen molar-refractivity contribution in [2.24, 2.45) is 17.4 Å². The van der Waals surface area contributed by atoms with E-state index in [0.29, 0.717) is 53.0 Å². The number of primary amides is 1. The molecule has 9 heteroatoms. The Kier molecular flexibility index (Phi) is 7.68. The van der Waals surface area contributed by atoms with Gasteiger partial charge in [0, 0.05) is 13.1 Å². The molecule has 1 fully saturated rings. The van der Waals surface area contributed by atoms with Crippen molar-refractivity contribution >= 4 is 23.5 Å². The van der Waals surface area contributed by atoms with Gasteiger partial charge in [-0.25, -0.2) is 9.37 Å².